The summed E-state index contributed by atoms with van der Waals surface area (Å²) in [5, 5.41) is 24.3. The second-order valence-electron chi connectivity index (χ2n) is 5.55. The first-order chi connectivity index (χ1) is 12.2. The summed E-state index contributed by atoms with van der Waals surface area (Å²) in [5.41, 5.74) is 3.63. The number of fused-ring (bicyclic) bond motifs is 1. The molecule has 4 rings (SSSR count). The zero-order valence-corrected chi connectivity index (χ0v) is 13.4. The molecule has 0 aliphatic heterocycles. The van der Waals surface area contributed by atoms with Gasteiger partial charge in [0.15, 0.2) is 5.65 Å². The summed E-state index contributed by atoms with van der Waals surface area (Å²) in [6.45, 7) is 0. The second-order valence-corrected chi connectivity index (χ2v) is 5.55. The van der Waals surface area contributed by atoms with E-state index in [0.717, 1.165) is 16.9 Å². The van der Waals surface area contributed by atoms with Crippen LogP contribution in [0.25, 0.3) is 28.0 Å². The lowest BCUT2D eigenvalue weighted by Gasteiger charge is -2.13. The number of aromatic hydroxyl groups is 2. The van der Waals surface area contributed by atoms with Crippen LogP contribution in [0.5, 0.6) is 17.2 Å². The Morgan fingerprint density at radius 3 is 2.48 bits per heavy atom. The van der Waals surface area contributed by atoms with Crippen LogP contribution in [0.15, 0.2) is 60.9 Å². The number of phenols is 2. The lowest BCUT2D eigenvalue weighted by Crippen LogP contribution is -1.99. The van der Waals surface area contributed by atoms with Crippen LogP contribution < -0.4 is 4.74 Å². The molecule has 0 saturated heterocycles. The van der Waals surface area contributed by atoms with Crippen LogP contribution in [-0.4, -0.2) is 31.9 Å². The number of benzene rings is 2. The van der Waals surface area contributed by atoms with Crippen LogP contribution in [0.3, 0.4) is 0 Å². The summed E-state index contributed by atoms with van der Waals surface area (Å²) in [6.07, 6.45) is 3.40. The molecule has 2 heterocycles. The van der Waals surface area contributed by atoms with E-state index in [4.69, 9.17) is 4.74 Å². The van der Waals surface area contributed by atoms with Gasteiger partial charge in [-0.2, -0.15) is 5.10 Å². The number of nitrogens with zero attached hydrogens (tertiary/aromatic N) is 3. The highest BCUT2D eigenvalue weighted by Crippen LogP contribution is 2.38. The van der Waals surface area contributed by atoms with E-state index in [9.17, 15) is 10.2 Å². The number of ether oxygens (including phenoxy) is 1. The summed E-state index contributed by atoms with van der Waals surface area (Å²) < 4.78 is 6.88. The van der Waals surface area contributed by atoms with Crippen LogP contribution in [0.2, 0.25) is 0 Å². The average molecular weight is 333 g/mol. The molecule has 0 saturated carbocycles. The van der Waals surface area contributed by atoms with Gasteiger partial charge in [-0.15, -0.1) is 0 Å². The molecule has 0 bridgehead atoms. The molecule has 0 fully saturated rings. The van der Waals surface area contributed by atoms with E-state index in [1.165, 1.54) is 12.1 Å². The Morgan fingerprint density at radius 1 is 0.960 bits per heavy atom. The molecule has 4 aromatic rings. The van der Waals surface area contributed by atoms with E-state index < -0.39 is 0 Å². The molecule has 0 unspecified atom stereocenters. The molecule has 2 aromatic carbocycles. The lowest BCUT2D eigenvalue weighted by molar-refractivity contribution is 0.415. The van der Waals surface area contributed by atoms with Crippen LogP contribution >= 0.6 is 0 Å². The van der Waals surface area contributed by atoms with E-state index in [-0.39, 0.29) is 11.5 Å². The van der Waals surface area contributed by atoms with Crippen molar-refractivity contribution >= 4 is 5.65 Å². The van der Waals surface area contributed by atoms with Crippen molar-refractivity contribution in [1.82, 2.24) is 14.6 Å². The van der Waals surface area contributed by atoms with E-state index in [2.05, 4.69) is 10.1 Å². The predicted molar refractivity (Wildman–Crippen MR) is 93.7 cm³/mol. The molecule has 0 spiro atoms. The van der Waals surface area contributed by atoms with Crippen molar-refractivity contribution < 1.29 is 14.9 Å². The maximum absolute atomic E-state index is 10.4. The quantitative estimate of drug-likeness (QED) is 0.600. The van der Waals surface area contributed by atoms with Gasteiger partial charge in [0, 0.05) is 29.5 Å². The topological polar surface area (TPSA) is 79.9 Å². The average Bonchev–Trinajstić information content (AvgIpc) is 3.10. The Bertz CT molecular complexity index is 1060. The normalized spacial score (nSPS) is 10.9. The molecule has 0 aliphatic rings. The standard InChI is InChI=1S/C19H15N3O3/c1-25-14-5-2-12(3-6-14)16-11-20-18-8-9-21-22(18)19(16)15-7-4-13(23)10-17(15)24/h2-11,23-24H,1H3. The molecule has 25 heavy (non-hydrogen) atoms. The SMILES string of the molecule is COc1ccc(-c2cnc3ccnn3c2-c2ccc(O)cc2O)cc1. The fourth-order valence-electron chi connectivity index (χ4n) is 2.83. The van der Waals surface area contributed by atoms with Crippen molar-refractivity contribution in [3.05, 3.63) is 60.9 Å². The second kappa shape index (κ2) is 5.83. The maximum Gasteiger partial charge on any atom is 0.155 e. The van der Waals surface area contributed by atoms with Crippen molar-refractivity contribution in [2.24, 2.45) is 0 Å². The van der Waals surface area contributed by atoms with Gasteiger partial charge in [-0.1, -0.05) is 12.1 Å². The number of phenolic OH excluding ortho intramolecular Hbond substituents is 2. The van der Waals surface area contributed by atoms with Crippen LogP contribution in [0.1, 0.15) is 0 Å². The van der Waals surface area contributed by atoms with Gasteiger partial charge in [0.1, 0.15) is 17.2 Å². The van der Waals surface area contributed by atoms with Gasteiger partial charge in [-0.3, -0.25) is 0 Å². The lowest BCUT2D eigenvalue weighted by atomic mass is 10.00. The molecule has 2 N–H and O–H groups in total. The smallest absolute Gasteiger partial charge is 0.155 e. The van der Waals surface area contributed by atoms with Crippen LogP contribution in [0, 0.1) is 0 Å². The zero-order chi connectivity index (χ0) is 17.4. The number of hydrogen-bond acceptors (Lipinski definition) is 5. The van der Waals surface area contributed by atoms with Gasteiger partial charge < -0.3 is 14.9 Å². The highest BCUT2D eigenvalue weighted by molar-refractivity contribution is 5.84. The van der Waals surface area contributed by atoms with E-state index in [1.54, 1.807) is 36.2 Å². The molecule has 2 aromatic heterocycles. The van der Waals surface area contributed by atoms with Crippen LogP contribution in [-0.2, 0) is 0 Å². The maximum atomic E-state index is 10.4. The van der Waals surface area contributed by atoms with E-state index in [1.807, 2.05) is 24.3 Å². The number of rotatable bonds is 3. The van der Waals surface area contributed by atoms with Crippen molar-refractivity contribution in [2.75, 3.05) is 7.11 Å². The Balaban J connectivity index is 2.01. The minimum Gasteiger partial charge on any atom is -0.508 e. The van der Waals surface area contributed by atoms with E-state index >= 15 is 0 Å². The highest BCUT2D eigenvalue weighted by atomic mass is 16.5. The molecule has 0 atom stereocenters. The summed E-state index contributed by atoms with van der Waals surface area (Å²) in [5.74, 6) is 0.724. The van der Waals surface area contributed by atoms with Gasteiger partial charge >= 0.3 is 0 Å². The largest absolute Gasteiger partial charge is 0.508 e. The first-order valence-electron chi connectivity index (χ1n) is 7.67. The van der Waals surface area contributed by atoms with Crippen LogP contribution in [0.4, 0.5) is 0 Å². The summed E-state index contributed by atoms with van der Waals surface area (Å²) >= 11 is 0. The third-order valence-electron chi connectivity index (χ3n) is 4.05. The predicted octanol–water partition coefficient (Wildman–Crippen LogP) is 3.48. The van der Waals surface area contributed by atoms with Crippen molar-refractivity contribution in [3.63, 3.8) is 0 Å². The molecule has 0 radical (unpaired) electrons. The summed E-state index contributed by atoms with van der Waals surface area (Å²) in [6, 6.07) is 13.9. The number of methoxy groups -OCH3 is 1. The fourth-order valence-corrected chi connectivity index (χ4v) is 2.83. The Hall–Kier alpha value is -3.54. The van der Waals surface area contributed by atoms with E-state index in [0.29, 0.717) is 16.9 Å². The molecular formula is C19H15N3O3. The van der Waals surface area contributed by atoms with Gasteiger partial charge in [-0.05, 0) is 29.8 Å². The third-order valence-corrected chi connectivity index (χ3v) is 4.05. The summed E-state index contributed by atoms with van der Waals surface area (Å²) in [4.78, 5) is 4.43. The highest BCUT2D eigenvalue weighted by Gasteiger charge is 2.17. The Labute approximate surface area is 143 Å². The zero-order valence-electron chi connectivity index (χ0n) is 13.4. The Kier molecular flexibility index (Phi) is 3.50. The molecule has 0 aliphatic carbocycles. The first kappa shape index (κ1) is 15.0. The fraction of sp³-hybridized carbons (Fsp3) is 0.0526. The number of aromatic nitrogens is 3. The molecule has 124 valence electrons. The van der Waals surface area contributed by atoms with Crippen molar-refractivity contribution in [1.29, 1.82) is 0 Å². The van der Waals surface area contributed by atoms with Gasteiger partial charge in [0.05, 0.1) is 19.0 Å². The summed E-state index contributed by atoms with van der Waals surface area (Å²) in [7, 11) is 1.62. The Morgan fingerprint density at radius 2 is 1.76 bits per heavy atom. The van der Waals surface area contributed by atoms with Gasteiger partial charge in [-0.25, -0.2) is 9.50 Å². The first-order valence-corrected chi connectivity index (χ1v) is 7.67. The minimum atomic E-state index is -0.0299. The molecule has 0 amide bonds. The van der Waals surface area contributed by atoms with Crippen molar-refractivity contribution in [2.45, 2.75) is 0 Å². The van der Waals surface area contributed by atoms with Gasteiger partial charge in [0.2, 0.25) is 0 Å². The number of hydrogen-bond donors (Lipinski definition) is 2. The molecule has 6 nitrogen and oxygen atoms in total. The molecular weight excluding hydrogens is 318 g/mol. The van der Waals surface area contributed by atoms with Gasteiger partial charge in [0.25, 0.3) is 0 Å². The third kappa shape index (κ3) is 2.53. The minimum absolute atomic E-state index is 0.00184. The molecule has 6 heteroatoms. The van der Waals surface area contributed by atoms with Crippen molar-refractivity contribution in [3.8, 4) is 39.6 Å². The monoisotopic (exact) mass is 333 g/mol.